The van der Waals surface area contributed by atoms with Crippen molar-refractivity contribution in [3.05, 3.63) is 58.4 Å². The van der Waals surface area contributed by atoms with Gasteiger partial charge in [0.25, 0.3) is 5.56 Å². The first-order valence-electron chi connectivity index (χ1n) is 7.37. The molecule has 4 aromatic rings. The summed E-state index contributed by atoms with van der Waals surface area (Å²) < 4.78 is 6.63. The molecule has 0 spiro atoms. The molecule has 8 nitrogen and oxygen atoms in total. The number of H-pyrrole nitrogens is 1. The first-order valence-corrected chi connectivity index (χ1v) is 7.37. The second-order valence-corrected chi connectivity index (χ2v) is 5.40. The largest absolute Gasteiger partial charge is 0.497 e. The van der Waals surface area contributed by atoms with Crippen molar-refractivity contribution in [2.75, 3.05) is 7.11 Å². The van der Waals surface area contributed by atoms with Gasteiger partial charge in [-0.2, -0.15) is 10.1 Å². The third-order valence-electron chi connectivity index (χ3n) is 3.97. The van der Waals surface area contributed by atoms with Crippen LogP contribution in [0.5, 0.6) is 5.75 Å². The molecule has 0 amide bonds. The number of carboxylic acids is 1. The van der Waals surface area contributed by atoms with Gasteiger partial charge in [0, 0.05) is 5.56 Å². The average Bonchev–Trinajstić information content (AvgIpc) is 3.05. The molecule has 4 rings (SSSR count). The minimum Gasteiger partial charge on any atom is -0.497 e. The maximum Gasteiger partial charge on any atom is 0.335 e. The lowest BCUT2D eigenvalue weighted by Crippen LogP contribution is -2.11. The Morgan fingerprint density at radius 3 is 2.64 bits per heavy atom. The smallest absolute Gasteiger partial charge is 0.335 e. The fraction of sp³-hybridized carbons (Fsp3) is 0.0588. The van der Waals surface area contributed by atoms with E-state index < -0.39 is 11.5 Å². The monoisotopic (exact) mass is 336 g/mol. The van der Waals surface area contributed by atoms with Crippen molar-refractivity contribution in [2.45, 2.75) is 0 Å². The molecular weight excluding hydrogens is 324 g/mol. The van der Waals surface area contributed by atoms with E-state index in [1.54, 1.807) is 31.4 Å². The number of rotatable bonds is 3. The van der Waals surface area contributed by atoms with E-state index in [2.05, 4.69) is 15.3 Å². The van der Waals surface area contributed by atoms with Crippen LogP contribution in [0.1, 0.15) is 10.4 Å². The molecule has 2 N–H and O–H groups in total. The second-order valence-electron chi connectivity index (χ2n) is 5.40. The lowest BCUT2D eigenvalue weighted by molar-refractivity contribution is 0.0697. The van der Waals surface area contributed by atoms with Crippen molar-refractivity contribution in [1.29, 1.82) is 0 Å². The molecule has 0 fully saturated rings. The van der Waals surface area contributed by atoms with E-state index in [0.717, 1.165) is 5.56 Å². The number of fused-ring (bicyclic) bond motifs is 3. The number of aromatic amines is 1. The Morgan fingerprint density at radius 2 is 1.96 bits per heavy atom. The zero-order valence-electron chi connectivity index (χ0n) is 13.1. The van der Waals surface area contributed by atoms with Gasteiger partial charge in [-0.1, -0.05) is 0 Å². The van der Waals surface area contributed by atoms with E-state index in [1.807, 2.05) is 0 Å². The number of ether oxygens (including phenoxy) is 1. The van der Waals surface area contributed by atoms with Gasteiger partial charge in [-0.15, -0.1) is 0 Å². The minimum atomic E-state index is -1.07. The molecular formula is C17H12N4O4. The molecule has 2 aromatic heterocycles. The zero-order chi connectivity index (χ0) is 17.6. The molecule has 0 bridgehead atoms. The zero-order valence-corrected chi connectivity index (χ0v) is 13.1. The summed E-state index contributed by atoms with van der Waals surface area (Å²) in [5, 5.41) is 16.5. The maximum absolute atomic E-state index is 12.3. The first-order chi connectivity index (χ1) is 12.1. The van der Waals surface area contributed by atoms with Crippen LogP contribution in [0.15, 0.2) is 47.3 Å². The van der Waals surface area contributed by atoms with Gasteiger partial charge in [0.15, 0.2) is 5.65 Å². The van der Waals surface area contributed by atoms with Crippen LogP contribution in [0.25, 0.3) is 27.8 Å². The quantitative estimate of drug-likeness (QED) is 0.592. The van der Waals surface area contributed by atoms with Crippen LogP contribution >= 0.6 is 0 Å². The summed E-state index contributed by atoms with van der Waals surface area (Å²) >= 11 is 0. The summed E-state index contributed by atoms with van der Waals surface area (Å²) in [6.07, 6.45) is 0. The van der Waals surface area contributed by atoms with Gasteiger partial charge in [0.1, 0.15) is 11.4 Å². The van der Waals surface area contributed by atoms with Gasteiger partial charge in [-0.25, -0.2) is 14.5 Å². The van der Waals surface area contributed by atoms with Gasteiger partial charge in [0.05, 0.1) is 23.6 Å². The number of aromatic nitrogens is 4. The molecule has 25 heavy (non-hydrogen) atoms. The normalized spacial score (nSPS) is 11.1. The number of nitrogens with one attached hydrogen (secondary N) is 1. The molecule has 8 heteroatoms. The van der Waals surface area contributed by atoms with Crippen molar-refractivity contribution in [3.63, 3.8) is 0 Å². The van der Waals surface area contributed by atoms with Crippen molar-refractivity contribution in [1.82, 2.24) is 19.8 Å². The summed E-state index contributed by atoms with van der Waals surface area (Å²) in [5.74, 6) is -0.375. The number of benzene rings is 2. The first kappa shape index (κ1) is 14.9. The summed E-state index contributed by atoms with van der Waals surface area (Å²) in [5.41, 5.74) is 1.60. The maximum atomic E-state index is 12.3. The number of nitrogens with zero attached hydrogens (tertiary/aromatic N) is 3. The predicted molar refractivity (Wildman–Crippen MR) is 90.1 cm³/mol. The highest BCUT2D eigenvalue weighted by atomic mass is 16.5. The van der Waals surface area contributed by atoms with E-state index >= 15 is 0 Å². The fourth-order valence-corrected chi connectivity index (χ4v) is 2.70. The molecule has 0 aliphatic rings. The molecule has 0 saturated heterocycles. The Balaban J connectivity index is 2.00. The van der Waals surface area contributed by atoms with E-state index in [4.69, 9.17) is 4.74 Å². The molecule has 0 atom stereocenters. The third-order valence-corrected chi connectivity index (χ3v) is 3.97. The van der Waals surface area contributed by atoms with Crippen LogP contribution in [0, 0.1) is 0 Å². The Kier molecular flexibility index (Phi) is 3.24. The van der Waals surface area contributed by atoms with Crippen LogP contribution < -0.4 is 10.3 Å². The standard InChI is InChI=1S/C17H12N4O4/c1-25-11-5-2-9(3-6-11)14-15-18-16(22)12-7-4-10(17(23)24)8-13(12)21(15)20-19-14/h2-8,20H,1H3,(H,23,24). The molecule has 2 heterocycles. The second kappa shape index (κ2) is 5.45. The van der Waals surface area contributed by atoms with E-state index in [0.29, 0.717) is 28.0 Å². The SMILES string of the molecule is COc1ccc(-c2n[nH]n3c2nc(=O)c2ccc(C(=O)O)cc23)cc1. The predicted octanol–water partition coefficient (Wildman–Crippen LogP) is 1.94. The molecule has 0 radical (unpaired) electrons. The average molecular weight is 336 g/mol. The van der Waals surface area contributed by atoms with Gasteiger partial charge in [-0.05, 0) is 42.5 Å². The Bertz CT molecular complexity index is 1180. The summed E-state index contributed by atoms with van der Waals surface area (Å²) in [7, 11) is 1.58. The number of methoxy groups -OCH3 is 1. The highest BCUT2D eigenvalue weighted by molar-refractivity contribution is 5.94. The number of hydrogen-bond donors (Lipinski definition) is 2. The van der Waals surface area contributed by atoms with Crippen LogP contribution in [0.2, 0.25) is 0 Å². The van der Waals surface area contributed by atoms with Gasteiger partial charge in [-0.3, -0.25) is 4.79 Å². The molecule has 0 saturated carbocycles. The van der Waals surface area contributed by atoms with Crippen molar-refractivity contribution in [3.8, 4) is 17.0 Å². The van der Waals surface area contributed by atoms with Crippen LogP contribution in [0.3, 0.4) is 0 Å². The molecule has 0 aliphatic heterocycles. The Hall–Kier alpha value is -3.68. The molecule has 124 valence electrons. The fourth-order valence-electron chi connectivity index (χ4n) is 2.70. The highest BCUT2D eigenvalue weighted by Gasteiger charge is 2.15. The van der Waals surface area contributed by atoms with Crippen LogP contribution in [0.4, 0.5) is 0 Å². The number of carboxylic acid groups (broad SMARTS) is 1. The van der Waals surface area contributed by atoms with Gasteiger partial charge >= 0.3 is 5.97 Å². The Morgan fingerprint density at radius 1 is 1.20 bits per heavy atom. The molecule has 0 aliphatic carbocycles. The number of aromatic carboxylic acids is 1. The highest BCUT2D eigenvalue weighted by Crippen LogP contribution is 2.24. The topological polar surface area (TPSA) is 110 Å². The van der Waals surface area contributed by atoms with Crippen molar-refractivity contribution in [2.24, 2.45) is 0 Å². The van der Waals surface area contributed by atoms with E-state index in [9.17, 15) is 14.7 Å². The van der Waals surface area contributed by atoms with Crippen molar-refractivity contribution < 1.29 is 14.6 Å². The number of hydrogen-bond acceptors (Lipinski definition) is 5. The van der Waals surface area contributed by atoms with Crippen molar-refractivity contribution >= 4 is 22.5 Å². The third kappa shape index (κ3) is 2.31. The Labute approximate surface area is 140 Å². The lowest BCUT2D eigenvalue weighted by atomic mass is 10.1. The number of carbonyl (C=O) groups is 1. The van der Waals surface area contributed by atoms with E-state index in [-0.39, 0.29) is 5.56 Å². The van der Waals surface area contributed by atoms with Crippen LogP contribution in [-0.2, 0) is 0 Å². The van der Waals surface area contributed by atoms with Gasteiger partial charge in [0.2, 0.25) is 0 Å². The van der Waals surface area contributed by atoms with E-state index in [1.165, 1.54) is 22.7 Å². The lowest BCUT2D eigenvalue weighted by Gasteiger charge is -2.03. The van der Waals surface area contributed by atoms with Crippen LogP contribution in [-0.4, -0.2) is 38.0 Å². The van der Waals surface area contributed by atoms with Gasteiger partial charge < -0.3 is 9.84 Å². The summed E-state index contributed by atoms with van der Waals surface area (Å²) in [6, 6.07) is 11.4. The minimum absolute atomic E-state index is 0.0764. The molecule has 2 aromatic carbocycles. The molecule has 0 unspecified atom stereocenters. The summed E-state index contributed by atoms with van der Waals surface area (Å²) in [6.45, 7) is 0. The summed E-state index contributed by atoms with van der Waals surface area (Å²) in [4.78, 5) is 27.6.